The van der Waals surface area contributed by atoms with E-state index in [4.69, 9.17) is 22.1 Å². The second-order valence-corrected chi connectivity index (χ2v) is 9.61. The molecule has 0 bridgehead atoms. The van der Waals surface area contributed by atoms with Gasteiger partial charge < -0.3 is 15.8 Å². The Bertz CT molecular complexity index is 931. The summed E-state index contributed by atoms with van der Waals surface area (Å²) in [5.41, 5.74) is 7.06. The molecule has 0 spiro atoms. The third kappa shape index (κ3) is 4.06. The maximum Gasteiger partial charge on any atom is 0.232 e. The average molecular weight is 445 g/mol. The third-order valence-electron chi connectivity index (χ3n) is 7.30. The highest BCUT2D eigenvalue weighted by Gasteiger charge is 2.43. The third-order valence-corrected chi connectivity index (χ3v) is 7.61. The van der Waals surface area contributed by atoms with Gasteiger partial charge in [-0.05, 0) is 62.0 Å². The van der Waals surface area contributed by atoms with Gasteiger partial charge in [-0.25, -0.2) is 4.39 Å². The summed E-state index contributed by atoms with van der Waals surface area (Å²) in [6.07, 6.45) is 11.7. The summed E-state index contributed by atoms with van der Waals surface area (Å²) >= 11 is 6.50. The molecular weight excluding hydrogens is 415 g/mol. The average Bonchev–Trinajstić information content (AvgIpc) is 2.76. The molecule has 166 valence electrons. The smallest absolute Gasteiger partial charge is 0.232 e. The van der Waals surface area contributed by atoms with Crippen molar-refractivity contribution in [1.82, 2.24) is 5.32 Å². The van der Waals surface area contributed by atoms with Crippen LogP contribution >= 0.6 is 11.6 Å². The van der Waals surface area contributed by atoms with E-state index >= 15 is 0 Å². The lowest BCUT2D eigenvalue weighted by molar-refractivity contribution is -0.125. The molecule has 1 aromatic carbocycles. The summed E-state index contributed by atoms with van der Waals surface area (Å²) in [4.78, 5) is 12.2. The highest BCUT2D eigenvalue weighted by Crippen LogP contribution is 2.46. The first kappa shape index (κ1) is 22.1. The van der Waals surface area contributed by atoms with Gasteiger partial charge in [0.25, 0.3) is 0 Å². The quantitative estimate of drug-likeness (QED) is 0.668. The molecule has 3 aliphatic rings. The number of ether oxygens (including phenoxy) is 1. The van der Waals surface area contributed by atoms with Gasteiger partial charge in [0.05, 0.1) is 17.1 Å². The minimum absolute atomic E-state index is 0.00171. The first-order valence-corrected chi connectivity index (χ1v) is 11.4. The minimum atomic E-state index is -0.451. The number of nitrogens with two attached hydrogens (primary N) is 1. The minimum Gasteiger partial charge on any atom is -0.489 e. The summed E-state index contributed by atoms with van der Waals surface area (Å²) in [6.45, 7) is 4.11. The molecule has 4 rings (SSSR count). The van der Waals surface area contributed by atoms with Crippen LogP contribution in [0.25, 0.3) is 0 Å². The van der Waals surface area contributed by atoms with Gasteiger partial charge in [-0.1, -0.05) is 43.7 Å². The standard InChI is InChI=1S/C25H30ClFN2O2/c1-3-22(28)25(16-4-6-17(27)7-5-16)10-8-18(9-11-25)31-21-15-24(2)12-13-29-23(30)19(24)14-20(21)26/h4-7,12-15,18-19,22H,3,8-11,28H2,1-2H3,(H,29,30)/t18-,19?,22?,24?,25-. The maximum atomic E-state index is 13.5. The molecule has 0 saturated heterocycles. The molecule has 0 radical (unpaired) electrons. The van der Waals surface area contributed by atoms with Gasteiger partial charge in [0.15, 0.2) is 0 Å². The van der Waals surface area contributed by atoms with E-state index in [-0.39, 0.29) is 35.2 Å². The number of rotatable bonds is 5. The van der Waals surface area contributed by atoms with Gasteiger partial charge in [-0.15, -0.1) is 0 Å². The van der Waals surface area contributed by atoms with E-state index in [2.05, 4.69) is 12.2 Å². The molecule has 0 aromatic heterocycles. The van der Waals surface area contributed by atoms with Crippen molar-refractivity contribution < 1.29 is 13.9 Å². The van der Waals surface area contributed by atoms with Crippen molar-refractivity contribution in [1.29, 1.82) is 0 Å². The summed E-state index contributed by atoms with van der Waals surface area (Å²) in [7, 11) is 0. The zero-order valence-electron chi connectivity index (χ0n) is 18.0. The highest BCUT2D eigenvalue weighted by atomic mass is 35.5. The Balaban J connectivity index is 1.50. The molecule has 2 aliphatic carbocycles. The van der Waals surface area contributed by atoms with Crippen LogP contribution < -0.4 is 11.1 Å². The van der Waals surface area contributed by atoms with Crippen molar-refractivity contribution >= 4 is 17.5 Å². The van der Waals surface area contributed by atoms with Crippen LogP contribution in [0.15, 0.2) is 59.5 Å². The number of fused-ring (bicyclic) bond motifs is 1. The number of benzene rings is 1. The lowest BCUT2D eigenvalue weighted by atomic mass is 9.64. The fourth-order valence-electron chi connectivity index (χ4n) is 5.29. The number of nitrogens with one attached hydrogen (secondary N) is 1. The normalized spacial score (nSPS) is 33.6. The predicted molar refractivity (Wildman–Crippen MR) is 121 cm³/mol. The van der Waals surface area contributed by atoms with E-state index in [0.717, 1.165) is 37.7 Å². The molecule has 3 N–H and O–H groups in total. The zero-order chi connectivity index (χ0) is 22.2. The summed E-state index contributed by atoms with van der Waals surface area (Å²) in [5, 5.41) is 3.22. The van der Waals surface area contributed by atoms with E-state index in [9.17, 15) is 9.18 Å². The van der Waals surface area contributed by atoms with Crippen molar-refractivity contribution in [3.05, 3.63) is 70.9 Å². The van der Waals surface area contributed by atoms with Crippen LogP contribution in [0.3, 0.4) is 0 Å². The van der Waals surface area contributed by atoms with Gasteiger partial charge in [-0.3, -0.25) is 4.79 Å². The Morgan fingerprint density at radius 2 is 1.97 bits per heavy atom. The fraction of sp³-hybridized carbons (Fsp3) is 0.480. The van der Waals surface area contributed by atoms with E-state index in [0.29, 0.717) is 10.8 Å². The molecule has 1 amide bonds. The highest BCUT2D eigenvalue weighted by molar-refractivity contribution is 6.32. The Morgan fingerprint density at radius 3 is 2.61 bits per heavy atom. The monoisotopic (exact) mass is 444 g/mol. The van der Waals surface area contributed by atoms with E-state index in [1.54, 1.807) is 12.3 Å². The molecular formula is C25H30ClFN2O2. The SMILES string of the molecule is CCC(N)[C@]1(c2ccc(F)cc2)CC[C@@H](OC2=CC3(C)C=CNC(=O)C3C=C2Cl)CC1. The predicted octanol–water partition coefficient (Wildman–Crippen LogP) is 5.05. The van der Waals surface area contributed by atoms with E-state index < -0.39 is 5.41 Å². The molecule has 1 aromatic rings. The second kappa shape index (κ2) is 8.44. The maximum absolute atomic E-state index is 13.5. The van der Waals surface area contributed by atoms with Gasteiger partial charge in [0.2, 0.25) is 5.91 Å². The number of allylic oxidation sites excluding steroid dienone is 3. The first-order valence-electron chi connectivity index (χ1n) is 11.0. The summed E-state index contributed by atoms with van der Waals surface area (Å²) < 4.78 is 19.8. The molecule has 1 aliphatic heterocycles. The van der Waals surface area contributed by atoms with Crippen molar-refractivity contribution in [3.63, 3.8) is 0 Å². The van der Waals surface area contributed by atoms with Crippen LogP contribution in [-0.2, 0) is 14.9 Å². The van der Waals surface area contributed by atoms with E-state index in [1.807, 2.05) is 31.2 Å². The fourth-order valence-corrected chi connectivity index (χ4v) is 5.52. The van der Waals surface area contributed by atoms with E-state index in [1.165, 1.54) is 12.1 Å². The van der Waals surface area contributed by atoms with Crippen molar-refractivity contribution in [2.24, 2.45) is 17.1 Å². The number of hydrogen-bond donors (Lipinski definition) is 2. The second-order valence-electron chi connectivity index (χ2n) is 9.20. The molecule has 3 atom stereocenters. The molecule has 1 saturated carbocycles. The summed E-state index contributed by atoms with van der Waals surface area (Å²) in [5.74, 6) is 0.00821. The van der Waals surface area contributed by atoms with Gasteiger partial charge in [-0.2, -0.15) is 0 Å². The van der Waals surface area contributed by atoms with Crippen molar-refractivity contribution in [3.8, 4) is 0 Å². The van der Waals surface area contributed by atoms with Crippen LogP contribution in [0.5, 0.6) is 0 Å². The number of carbonyl (C=O) groups is 1. The van der Waals surface area contributed by atoms with Crippen LogP contribution in [0.2, 0.25) is 0 Å². The van der Waals surface area contributed by atoms with Crippen molar-refractivity contribution in [2.75, 3.05) is 0 Å². The van der Waals surface area contributed by atoms with Crippen molar-refractivity contribution in [2.45, 2.75) is 63.5 Å². The largest absolute Gasteiger partial charge is 0.489 e. The Labute approximate surface area is 188 Å². The lowest BCUT2D eigenvalue weighted by Crippen LogP contribution is -2.48. The lowest BCUT2D eigenvalue weighted by Gasteiger charge is -2.45. The Hall–Kier alpha value is -2.11. The zero-order valence-corrected chi connectivity index (χ0v) is 18.8. The van der Waals surface area contributed by atoms with Crippen LogP contribution in [0, 0.1) is 17.2 Å². The number of carbonyl (C=O) groups excluding carboxylic acids is 1. The number of hydrogen-bond acceptors (Lipinski definition) is 3. The Morgan fingerprint density at radius 1 is 1.29 bits per heavy atom. The summed E-state index contributed by atoms with van der Waals surface area (Å²) in [6, 6.07) is 6.78. The number of amides is 1. The molecule has 3 unspecified atom stereocenters. The number of halogens is 2. The molecule has 4 nitrogen and oxygen atoms in total. The molecule has 6 heteroatoms. The molecule has 31 heavy (non-hydrogen) atoms. The molecule has 1 fully saturated rings. The molecule has 1 heterocycles. The van der Waals surface area contributed by atoms with Crippen LogP contribution in [0.4, 0.5) is 4.39 Å². The van der Waals surface area contributed by atoms with Gasteiger partial charge in [0.1, 0.15) is 11.6 Å². The Kier molecular flexibility index (Phi) is 6.01. The topological polar surface area (TPSA) is 64.3 Å². The van der Waals surface area contributed by atoms with Crippen LogP contribution in [0.1, 0.15) is 51.5 Å². The first-order chi connectivity index (χ1) is 14.8. The van der Waals surface area contributed by atoms with Gasteiger partial charge >= 0.3 is 0 Å². The van der Waals surface area contributed by atoms with Crippen LogP contribution in [-0.4, -0.2) is 18.1 Å². The van der Waals surface area contributed by atoms with Gasteiger partial charge in [0, 0.05) is 23.1 Å².